The molecule has 126 valence electrons. The predicted octanol–water partition coefficient (Wildman–Crippen LogP) is 0.622. The van der Waals surface area contributed by atoms with E-state index >= 15 is 0 Å². The van der Waals surface area contributed by atoms with Crippen LogP contribution in [0.5, 0.6) is 0 Å². The molecule has 1 aromatic carbocycles. The molecule has 1 fully saturated rings. The smallest absolute Gasteiger partial charge is 0.390 e. The van der Waals surface area contributed by atoms with Gasteiger partial charge in [-0.15, -0.1) is 0 Å². The van der Waals surface area contributed by atoms with Gasteiger partial charge in [0.15, 0.2) is 0 Å². The van der Waals surface area contributed by atoms with Crippen LogP contribution in [0, 0.1) is 10.1 Å². The van der Waals surface area contributed by atoms with Gasteiger partial charge in [-0.05, 0) is 29.7 Å². The number of hydrogen-bond donors (Lipinski definition) is 0. The van der Waals surface area contributed by atoms with Crippen LogP contribution in [0.15, 0.2) is 30.6 Å². The number of rotatable bonds is 4. The second-order valence-corrected chi connectivity index (χ2v) is 5.79. The van der Waals surface area contributed by atoms with Crippen molar-refractivity contribution in [2.24, 2.45) is 0 Å². The Labute approximate surface area is 138 Å². The molecule has 24 heavy (non-hydrogen) atoms. The number of amides is 1. The zero-order valence-corrected chi connectivity index (χ0v) is 13.3. The van der Waals surface area contributed by atoms with Crippen LogP contribution in [0.4, 0.5) is 5.95 Å². The number of likely N-dealkylation sites (N-methyl/N-ethyl adjacent to an activating group) is 1. The Bertz CT molecular complexity index is 734. The summed E-state index contributed by atoms with van der Waals surface area (Å²) in [7, 11) is 2.05. The van der Waals surface area contributed by atoms with Gasteiger partial charge in [-0.25, -0.2) is 0 Å². The van der Waals surface area contributed by atoms with Crippen molar-refractivity contribution in [1.82, 2.24) is 24.6 Å². The Kier molecular flexibility index (Phi) is 4.52. The molecule has 1 aliphatic heterocycles. The van der Waals surface area contributed by atoms with Crippen molar-refractivity contribution in [1.29, 1.82) is 0 Å². The average molecular weight is 330 g/mol. The summed E-state index contributed by atoms with van der Waals surface area (Å²) < 4.78 is 1.40. The van der Waals surface area contributed by atoms with Crippen molar-refractivity contribution in [2.75, 3.05) is 33.2 Å². The van der Waals surface area contributed by atoms with Crippen LogP contribution >= 0.6 is 0 Å². The second kappa shape index (κ2) is 6.75. The predicted molar refractivity (Wildman–Crippen MR) is 85.6 cm³/mol. The summed E-state index contributed by atoms with van der Waals surface area (Å²) >= 11 is 0. The van der Waals surface area contributed by atoms with Gasteiger partial charge in [-0.2, -0.15) is 4.68 Å². The molecule has 0 N–H and O–H groups in total. The lowest BCUT2D eigenvalue weighted by atomic mass is 10.1. The van der Waals surface area contributed by atoms with Crippen LogP contribution in [0.2, 0.25) is 0 Å². The summed E-state index contributed by atoms with van der Waals surface area (Å²) in [6.07, 6.45) is 1.32. The Balaban J connectivity index is 1.64. The van der Waals surface area contributed by atoms with E-state index in [4.69, 9.17) is 0 Å². The van der Waals surface area contributed by atoms with Gasteiger partial charge in [0.05, 0.1) is 6.54 Å². The largest absolute Gasteiger partial charge is 0.490 e. The van der Waals surface area contributed by atoms with E-state index in [2.05, 4.69) is 15.0 Å². The monoisotopic (exact) mass is 330 g/mol. The second-order valence-electron chi connectivity index (χ2n) is 5.79. The van der Waals surface area contributed by atoms with Gasteiger partial charge in [0.2, 0.25) is 6.33 Å². The minimum absolute atomic E-state index is 0.0334. The summed E-state index contributed by atoms with van der Waals surface area (Å²) in [5.74, 6) is -0.386. The summed E-state index contributed by atoms with van der Waals surface area (Å²) in [6, 6.07) is 7.22. The molecule has 1 saturated heterocycles. The molecule has 9 nitrogen and oxygen atoms in total. The Morgan fingerprint density at radius 1 is 1.21 bits per heavy atom. The molecule has 1 aliphatic rings. The lowest BCUT2D eigenvalue weighted by molar-refractivity contribution is -0.394. The highest BCUT2D eigenvalue weighted by molar-refractivity contribution is 5.94. The van der Waals surface area contributed by atoms with Crippen LogP contribution in [-0.4, -0.2) is 68.6 Å². The number of nitro groups is 1. The van der Waals surface area contributed by atoms with E-state index in [-0.39, 0.29) is 5.91 Å². The van der Waals surface area contributed by atoms with Gasteiger partial charge in [0, 0.05) is 36.8 Å². The van der Waals surface area contributed by atoms with Crippen molar-refractivity contribution < 1.29 is 9.72 Å². The molecular weight excluding hydrogens is 312 g/mol. The molecule has 0 bridgehead atoms. The molecule has 3 rings (SSSR count). The highest BCUT2D eigenvalue weighted by Gasteiger charge is 2.20. The third-order valence-corrected chi connectivity index (χ3v) is 4.02. The van der Waals surface area contributed by atoms with Crippen LogP contribution < -0.4 is 0 Å². The van der Waals surface area contributed by atoms with Crippen LogP contribution in [-0.2, 0) is 6.54 Å². The molecule has 0 saturated carbocycles. The lowest BCUT2D eigenvalue weighted by Crippen LogP contribution is -2.47. The van der Waals surface area contributed by atoms with Gasteiger partial charge < -0.3 is 19.9 Å². The van der Waals surface area contributed by atoms with Gasteiger partial charge in [-0.1, -0.05) is 17.1 Å². The third-order valence-electron chi connectivity index (χ3n) is 4.02. The minimum Gasteiger partial charge on any atom is -0.390 e. The molecule has 0 unspecified atom stereocenters. The zero-order chi connectivity index (χ0) is 17.1. The van der Waals surface area contributed by atoms with E-state index in [0.29, 0.717) is 12.1 Å². The summed E-state index contributed by atoms with van der Waals surface area (Å²) in [4.78, 5) is 30.1. The quantitative estimate of drug-likeness (QED) is 0.602. The fraction of sp³-hybridized carbons (Fsp3) is 0.400. The van der Waals surface area contributed by atoms with E-state index in [0.717, 1.165) is 31.7 Å². The fourth-order valence-corrected chi connectivity index (χ4v) is 2.58. The van der Waals surface area contributed by atoms with Crippen molar-refractivity contribution >= 4 is 11.9 Å². The Morgan fingerprint density at radius 3 is 2.46 bits per heavy atom. The van der Waals surface area contributed by atoms with E-state index < -0.39 is 10.9 Å². The summed E-state index contributed by atoms with van der Waals surface area (Å²) in [5.41, 5.74) is 1.54. The first kappa shape index (κ1) is 16.1. The number of benzene rings is 1. The Morgan fingerprint density at radius 2 is 1.88 bits per heavy atom. The molecule has 0 atom stereocenters. The van der Waals surface area contributed by atoms with Crippen LogP contribution in [0.3, 0.4) is 0 Å². The first-order valence-corrected chi connectivity index (χ1v) is 7.63. The molecule has 0 spiro atoms. The van der Waals surface area contributed by atoms with Crippen molar-refractivity contribution in [3.8, 4) is 0 Å². The first-order chi connectivity index (χ1) is 11.5. The maximum atomic E-state index is 12.5. The van der Waals surface area contributed by atoms with Gasteiger partial charge >= 0.3 is 5.95 Å². The number of nitrogens with zero attached hydrogens (tertiary/aromatic N) is 6. The minimum atomic E-state index is -0.631. The number of hydrogen-bond acceptors (Lipinski definition) is 6. The summed E-state index contributed by atoms with van der Waals surface area (Å²) in [6.45, 7) is 3.60. The Hall–Kier alpha value is -2.81. The van der Waals surface area contributed by atoms with Gasteiger partial charge in [0.25, 0.3) is 5.91 Å². The molecule has 0 aliphatic carbocycles. The zero-order valence-electron chi connectivity index (χ0n) is 13.3. The van der Waals surface area contributed by atoms with Gasteiger partial charge in [-0.3, -0.25) is 4.79 Å². The van der Waals surface area contributed by atoms with Crippen molar-refractivity contribution in [3.63, 3.8) is 0 Å². The number of carbonyl (C=O) groups is 1. The van der Waals surface area contributed by atoms with Gasteiger partial charge in [0.1, 0.15) is 0 Å². The highest BCUT2D eigenvalue weighted by Crippen LogP contribution is 2.11. The topological polar surface area (TPSA) is 97.4 Å². The third kappa shape index (κ3) is 3.57. The molecule has 1 aromatic heterocycles. The maximum absolute atomic E-state index is 12.5. The van der Waals surface area contributed by atoms with E-state index in [1.807, 2.05) is 24.1 Å². The fourth-order valence-electron chi connectivity index (χ4n) is 2.58. The van der Waals surface area contributed by atoms with E-state index in [1.54, 1.807) is 12.1 Å². The average Bonchev–Trinajstić information content (AvgIpc) is 3.04. The van der Waals surface area contributed by atoms with Crippen molar-refractivity contribution in [2.45, 2.75) is 6.54 Å². The van der Waals surface area contributed by atoms with Crippen LogP contribution in [0.25, 0.3) is 0 Å². The molecular formula is C15H18N6O3. The lowest BCUT2D eigenvalue weighted by Gasteiger charge is -2.32. The number of aromatic nitrogens is 3. The molecule has 2 heterocycles. The number of piperazine rings is 1. The maximum Gasteiger partial charge on any atom is 0.490 e. The molecule has 1 amide bonds. The highest BCUT2D eigenvalue weighted by atomic mass is 16.6. The summed E-state index contributed by atoms with van der Waals surface area (Å²) in [5, 5.41) is 14.3. The SMILES string of the molecule is CN1CCN(C(=O)c2ccc(Cn3cnc([N+](=O)[O-])n3)cc2)CC1. The van der Waals surface area contributed by atoms with E-state index in [1.165, 1.54) is 11.0 Å². The normalized spacial score (nSPS) is 15.5. The molecule has 2 aromatic rings. The number of carbonyl (C=O) groups excluding carboxylic acids is 1. The van der Waals surface area contributed by atoms with Crippen molar-refractivity contribution in [3.05, 3.63) is 51.8 Å². The van der Waals surface area contributed by atoms with Crippen LogP contribution in [0.1, 0.15) is 15.9 Å². The molecule has 9 heteroatoms. The van der Waals surface area contributed by atoms with E-state index in [9.17, 15) is 14.9 Å². The first-order valence-electron chi connectivity index (χ1n) is 7.63. The standard InChI is InChI=1S/C15H18N6O3/c1-18-6-8-19(9-7-18)14(22)13-4-2-12(3-5-13)10-20-11-16-15(17-20)21(23)24/h2-5,11H,6-10H2,1H3. The molecule has 0 radical (unpaired) electrons.